The largest absolute Gasteiger partial charge is 0.480 e. The van der Waals surface area contributed by atoms with Crippen LogP contribution in [0.3, 0.4) is 0 Å². The second-order valence-electron chi connectivity index (χ2n) is 5.56. The van der Waals surface area contributed by atoms with Gasteiger partial charge in [0.2, 0.25) is 5.91 Å². The van der Waals surface area contributed by atoms with E-state index in [1.165, 1.54) is 17.0 Å². The minimum absolute atomic E-state index is 0.00461. The highest BCUT2D eigenvalue weighted by molar-refractivity contribution is 7.91. The molecule has 0 aromatic heterocycles. The number of morpholine rings is 1. The fourth-order valence-electron chi connectivity index (χ4n) is 2.53. The summed E-state index contributed by atoms with van der Waals surface area (Å²) in [7, 11) is -3.23. The van der Waals surface area contributed by atoms with Gasteiger partial charge in [-0.15, -0.1) is 0 Å². The summed E-state index contributed by atoms with van der Waals surface area (Å²) in [6, 6.07) is 5.50. The van der Waals surface area contributed by atoms with Crippen LogP contribution in [-0.2, 0) is 30.6 Å². The molecule has 1 N–H and O–H groups in total. The van der Waals surface area contributed by atoms with Crippen LogP contribution in [0.2, 0.25) is 0 Å². The van der Waals surface area contributed by atoms with E-state index >= 15 is 0 Å². The van der Waals surface area contributed by atoms with Gasteiger partial charge in [0.25, 0.3) is 0 Å². The number of sulfone groups is 1. The molecular weight excluding hydrogens is 334 g/mol. The summed E-state index contributed by atoms with van der Waals surface area (Å²) in [4.78, 5) is 25.0. The van der Waals surface area contributed by atoms with E-state index in [2.05, 4.69) is 0 Å². The van der Waals surface area contributed by atoms with Gasteiger partial charge in [-0.25, -0.2) is 13.2 Å². The van der Waals surface area contributed by atoms with Crippen molar-refractivity contribution in [1.82, 2.24) is 4.90 Å². The normalized spacial score (nSPS) is 18.4. The third-order valence-electron chi connectivity index (χ3n) is 4.02. The van der Waals surface area contributed by atoms with Crippen LogP contribution in [0.25, 0.3) is 0 Å². The number of carboxylic acid groups (broad SMARTS) is 1. The number of benzene rings is 1. The number of hydrogen-bond donors (Lipinski definition) is 1. The first-order chi connectivity index (χ1) is 11.3. The number of carboxylic acids is 1. The van der Waals surface area contributed by atoms with Crippen LogP contribution in [0, 0.1) is 0 Å². The molecule has 0 aliphatic carbocycles. The maximum atomic E-state index is 12.3. The number of ether oxygens (including phenoxy) is 1. The maximum Gasteiger partial charge on any atom is 0.328 e. The van der Waals surface area contributed by atoms with Crippen molar-refractivity contribution in [2.75, 3.05) is 25.5 Å². The summed E-state index contributed by atoms with van der Waals surface area (Å²) in [5.41, 5.74) is 0.832. The van der Waals surface area contributed by atoms with Gasteiger partial charge in [-0.1, -0.05) is 19.1 Å². The van der Waals surface area contributed by atoms with Crippen molar-refractivity contribution in [3.8, 4) is 0 Å². The van der Waals surface area contributed by atoms with Gasteiger partial charge < -0.3 is 14.7 Å². The molecule has 1 aliphatic rings. The van der Waals surface area contributed by atoms with E-state index in [1.807, 2.05) is 0 Å². The van der Waals surface area contributed by atoms with Gasteiger partial charge in [-0.2, -0.15) is 0 Å². The number of rotatable bonds is 6. The Balaban J connectivity index is 1.97. The molecular formula is C16H21NO6S. The molecule has 1 atom stereocenters. The number of amides is 1. The molecule has 2 rings (SSSR count). The zero-order chi connectivity index (χ0) is 17.7. The van der Waals surface area contributed by atoms with E-state index in [-0.39, 0.29) is 36.1 Å². The lowest BCUT2D eigenvalue weighted by molar-refractivity contribution is -0.158. The number of aryl methyl sites for hydroxylation is 1. The van der Waals surface area contributed by atoms with Crippen molar-refractivity contribution in [3.05, 3.63) is 29.8 Å². The molecule has 1 heterocycles. The first-order valence-electron chi connectivity index (χ1n) is 7.77. The van der Waals surface area contributed by atoms with Gasteiger partial charge in [0.1, 0.15) is 0 Å². The van der Waals surface area contributed by atoms with E-state index in [0.717, 1.165) is 5.56 Å². The molecule has 8 heteroatoms. The smallest absolute Gasteiger partial charge is 0.328 e. The number of hydrogen-bond acceptors (Lipinski definition) is 5. The van der Waals surface area contributed by atoms with E-state index in [1.54, 1.807) is 19.1 Å². The van der Waals surface area contributed by atoms with Gasteiger partial charge in [-0.3, -0.25) is 4.79 Å². The fourth-order valence-corrected chi connectivity index (χ4v) is 3.42. The Hall–Kier alpha value is -1.93. The van der Waals surface area contributed by atoms with Gasteiger partial charge in [0.15, 0.2) is 15.9 Å². The molecule has 0 saturated carbocycles. The van der Waals surface area contributed by atoms with Gasteiger partial charge in [0.05, 0.1) is 23.9 Å². The monoisotopic (exact) mass is 355 g/mol. The number of carbonyl (C=O) groups excluding carboxylic acids is 1. The third kappa shape index (κ3) is 4.33. The highest BCUT2D eigenvalue weighted by Crippen LogP contribution is 2.15. The Morgan fingerprint density at radius 1 is 1.29 bits per heavy atom. The van der Waals surface area contributed by atoms with Crippen molar-refractivity contribution in [2.45, 2.75) is 30.7 Å². The highest BCUT2D eigenvalue weighted by Gasteiger charge is 2.32. The zero-order valence-electron chi connectivity index (χ0n) is 13.5. The van der Waals surface area contributed by atoms with E-state index < -0.39 is 21.8 Å². The minimum Gasteiger partial charge on any atom is -0.480 e. The summed E-state index contributed by atoms with van der Waals surface area (Å²) in [6.07, 6.45) is 0.596. The van der Waals surface area contributed by atoms with Crippen LogP contribution in [0.4, 0.5) is 0 Å². The molecule has 1 amide bonds. The van der Waals surface area contributed by atoms with Crippen LogP contribution < -0.4 is 0 Å². The molecule has 0 radical (unpaired) electrons. The predicted octanol–water partition coefficient (Wildman–Crippen LogP) is 0.725. The number of aliphatic carboxylic acids is 1. The van der Waals surface area contributed by atoms with Crippen LogP contribution in [0.15, 0.2) is 29.2 Å². The summed E-state index contributed by atoms with van der Waals surface area (Å²) >= 11 is 0. The Morgan fingerprint density at radius 2 is 1.96 bits per heavy atom. The van der Waals surface area contributed by atoms with Gasteiger partial charge in [-0.05, 0) is 24.1 Å². The Labute approximate surface area is 141 Å². The third-order valence-corrected chi connectivity index (χ3v) is 5.77. The molecule has 132 valence electrons. The van der Waals surface area contributed by atoms with Crippen molar-refractivity contribution < 1.29 is 27.9 Å². The molecule has 1 saturated heterocycles. The number of carbonyl (C=O) groups is 2. The summed E-state index contributed by atoms with van der Waals surface area (Å²) in [6.45, 7) is 2.19. The van der Waals surface area contributed by atoms with Crippen molar-refractivity contribution in [3.63, 3.8) is 0 Å². The molecule has 1 fully saturated rings. The maximum absolute atomic E-state index is 12.3. The van der Waals surface area contributed by atoms with Crippen LogP contribution in [0.5, 0.6) is 0 Å². The summed E-state index contributed by atoms with van der Waals surface area (Å²) in [5, 5.41) is 9.14. The standard InChI is InChI=1S/C16H21NO6S/c1-2-24(21,22)13-6-3-12(4-7-13)5-8-15(18)17-9-10-23-11-14(17)16(19)20/h3-4,6-7,14H,2,5,8-11H2,1H3,(H,19,20). The summed E-state index contributed by atoms with van der Waals surface area (Å²) in [5.74, 6) is -1.27. The fraction of sp³-hybridized carbons (Fsp3) is 0.500. The molecule has 1 aliphatic heterocycles. The molecule has 1 unspecified atom stereocenters. The van der Waals surface area contributed by atoms with Crippen LogP contribution >= 0.6 is 0 Å². The lowest BCUT2D eigenvalue weighted by Crippen LogP contribution is -2.52. The lowest BCUT2D eigenvalue weighted by atomic mass is 10.1. The molecule has 1 aromatic carbocycles. The first-order valence-corrected chi connectivity index (χ1v) is 9.42. The SMILES string of the molecule is CCS(=O)(=O)c1ccc(CCC(=O)N2CCOCC2C(=O)O)cc1. The Kier molecular flexibility index (Phi) is 5.95. The van der Waals surface area contributed by atoms with Crippen molar-refractivity contribution in [2.24, 2.45) is 0 Å². The average molecular weight is 355 g/mol. The topological polar surface area (TPSA) is 101 Å². The summed E-state index contributed by atoms with van der Waals surface area (Å²) < 4.78 is 28.6. The minimum atomic E-state index is -3.23. The molecule has 1 aromatic rings. The van der Waals surface area contributed by atoms with Crippen molar-refractivity contribution in [1.29, 1.82) is 0 Å². The van der Waals surface area contributed by atoms with Gasteiger partial charge >= 0.3 is 5.97 Å². The second kappa shape index (κ2) is 7.76. The molecule has 7 nitrogen and oxygen atoms in total. The van der Waals surface area contributed by atoms with E-state index in [0.29, 0.717) is 13.0 Å². The Bertz CT molecular complexity index is 698. The van der Waals surface area contributed by atoms with E-state index in [4.69, 9.17) is 9.84 Å². The van der Waals surface area contributed by atoms with E-state index in [9.17, 15) is 18.0 Å². The second-order valence-corrected chi connectivity index (χ2v) is 7.84. The lowest BCUT2D eigenvalue weighted by Gasteiger charge is -2.32. The zero-order valence-corrected chi connectivity index (χ0v) is 14.3. The molecule has 0 spiro atoms. The quantitative estimate of drug-likeness (QED) is 0.807. The van der Waals surface area contributed by atoms with Crippen LogP contribution in [-0.4, -0.2) is 61.9 Å². The molecule has 24 heavy (non-hydrogen) atoms. The number of nitrogens with zero attached hydrogens (tertiary/aromatic N) is 1. The van der Waals surface area contributed by atoms with Crippen LogP contribution in [0.1, 0.15) is 18.9 Å². The highest BCUT2D eigenvalue weighted by atomic mass is 32.2. The first kappa shape index (κ1) is 18.4. The Morgan fingerprint density at radius 3 is 2.54 bits per heavy atom. The average Bonchev–Trinajstić information content (AvgIpc) is 2.60. The molecule has 0 bridgehead atoms. The predicted molar refractivity (Wildman–Crippen MR) is 86.4 cm³/mol. The van der Waals surface area contributed by atoms with Gasteiger partial charge in [0, 0.05) is 13.0 Å². The van der Waals surface area contributed by atoms with Crippen molar-refractivity contribution >= 4 is 21.7 Å².